The summed E-state index contributed by atoms with van der Waals surface area (Å²) in [6.07, 6.45) is 3.09. The molecule has 3 atom stereocenters. The lowest BCUT2D eigenvalue weighted by atomic mass is 9.76. The zero-order valence-electron chi connectivity index (χ0n) is 11.2. The van der Waals surface area contributed by atoms with Crippen LogP contribution in [-0.4, -0.2) is 11.7 Å². The zero-order chi connectivity index (χ0) is 14.0. The van der Waals surface area contributed by atoms with Gasteiger partial charge in [0.25, 0.3) is 0 Å². The summed E-state index contributed by atoms with van der Waals surface area (Å²) >= 11 is 3.33. The van der Waals surface area contributed by atoms with Crippen LogP contribution in [-0.2, 0) is 0 Å². The standard InChI is InChI=1S/C15H21BrFNO/c1-2-10-5-6-15(8-10,9-18)14(19)12-7-11(16)3-4-13(12)17/h3-4,7,10,14,19H,2,5-6,8-9,18H2,1H3. The van der Waals surface area contributed by atoms with Gasteiger partial charge >= 0.3 is 0 Å². The van der Waals surface area contributed by atoms with E-state index in [9.17, 15) is 9.50 Å². The Morgan fingerprint density at radius 2 is 2.32 bits per heavy atom. The molecule has 0 saturated heterocycles. The van der Waals surface area contributed by atoms with Crippen LogP contribution in [0.4, 0.5) is 4.39 Å². The molecule has 1 saturated carbocycles. The van der Waals surface area contributed by atoms with Gasteiger partial charge in [-0.15, -0.1) is 0 Å². The Labute approximate surface area is 122 Å². The van der Waals surface area contributed by atoms with Crippen molar-refractivity contribution in [2.75, 3.05) is 6.54 Å². The molecule has 1 aliphatic rings. The Morgan fingerprint density at radius 3 is 2.89 bits per heavy atom. The van der Waals surface area contributed by atoms with Crippen LogP contribution in [0.15, 0.2) is 22.7 Å². The molecule has 3 unspecified atom stereocenters. The SMILES string of the molecule is CCC1CCC(CN)(C(O)c2cc(Br)ccc2F)C1. The molecule has 1 fully saturated rings. The molecule has 0 aromatic heterocycles. The van der Waals surface area contributed by atoms with Gasteiger partial charge in [-0.2, -0.15) is 0 Å². The first-order valence-electron chi connectivity index (χ1n) is 6.85. The van der Waals surface area contributed by atoms with Gasteiger partial charge in [-0.25, -0.2) is 4.39 Å². The lowest BCUT2D eigenvalue weighted by molar-refractivity contribution is 0.0274. The first-order chi connectivity index (χ1) is 9.02. The molecule has 1 aliphatic carbocycles. The van der Waals surface area contributed by atoms with Crippen LogP contribution >= 0.6 is 15.9 Å². The molecule has 0 amide bonds. The van der Waals surface area contributed by atoms with Crippen molar-refractivity contribution in [2.45, 2.75) is 38.7 Å². The molecule has 19 heavy (non-hydrogen) atoms. The molecule has 1 aromatic rings. The summed E-state index contributed by atoms with van der Waals surface area (Å²) in [6, 6.07) is 4.69. The van der Waals surface area contributed by atoms with E-state index in [4.69, 9.17) is 5.73 Å². The second-order valence-corrected chi connectivity index (χ2v) is 6.57. The number of hydrogen-bond donors (Lipinski definition) is 2. The molecule has 0 heterocycles. The van der Waals surface area contributed by atoms with Crippen molar-refractivity contribution in [2.24, 2.45) is 17.1 Å². The van der Waals surface area contributed by atoms with Crippen molar-refractivity contribution in [3.05, 3.63) is 34.1 Å². The summed E-state index contributed by atoms with van der Waals surface area (Å²) in [5, 5.41) is 10.6. The van der Waals surface area contributed by atoms with E-state index in [1.807, 2.05) is 0 Å². The number of nitrogens with two attached hydrogens (primary N) is 1. The quantitative estimate of drug-likeness (QED) is 0.883. The summed E-state index contributed by atoms with van der Waals surface area (Å²) in [5.74, 6) is 0.233. The first kappa shape index (κ1) is 14.9. The lowest BCUT2D eigenvalue weighted by Crippen LogP contribution is -2.35. The third kappa shape index (κ3) is 2.86. The second kappa shape index (κ2) is 5.90. The highest BCUT2D eigenvalue weighted by Gasteiger charge is 2.44. The van der Waals surface area contributed by atoms with E-state index in [0.717, 1.165) is 30.2 Å². The van der Waals surface area contributed by atoms with Crippen LogP contribution < -0.4 is 5.73 Å². The van der Waals surface area contributed by atoms with Crippen molar-refractivity contribution >= 4 is 15.9 Å². The molecule has 0 bridgehead atoms. The monoisotopic (exact) mass is 329 g/mol. The zero-order valence-corrected chi connectivity index (χ0v) is 12.8. The van der Waals surface area contributed by atoms with Gasteiger partial charge in [0.1, 0.15) is 5.82 Å². The third-order valence-corrected chi connectivity index (χ3v) is 5.06. The van der Waals surface area contributed by atoms with Crippen LogP contribution in [0.2, 0.25) is 0 Å². The van der Waals surface area contributed by atoms with Gasteiger partial charge < -0.3 is 10.8 Å². The highest BCUT2D eigenvalue weighted by atomic mass is 79.9. The smallest absolute Gasteiger partial charge is 0.129 e. The molecule has 2 rings (SSSR count). The maximum Gasteiger partial charge on any atom is 0.129 e. The van der Waals surface area contributed by atoms with Gasteiger partial charge in [0, 0.05) is 22.0 Å². The van der Waals surface area contributed by atoms with E-state index in [1.165, 1.54) is 6.07 Å². The molecule has 0 aliphatic heterocycles. The van der Waals surface area contributed by atoms with Crippen LogP contribution in [0.5, 0.6) is 0 Å². The highest BCUT2D eigenvalue weighted by Crippen LogP contribution is 2.50. The summed E-state index contributed by atoms with van der Waals surface area (Å²) in [4.78, 5) is 0. The summed E-state index contributed by atoms with van der Waals surface area (Å²) in [6.45, 7) is 2.56. The van der Waals surface area contributed by atoms with Crippen molar-refractivity contribution in [1.82, 2.24) is 0 Å². The Hall–Kier alpha value is -0.450. The van der Waals surface area contributed by atoms with E-state index >= 15 is 0 Å². The molecule has 106 valence electrons. The predicted molar refractivity (Wildman–Crippen MR) is 78.2 cm³/mol. The Kier molecular flexibility index (Phi) is 4.64. The number of rotatable bonds is 4. The van der Waals surface area contributed by atoms with Crippen molar-refractivity contribution in [1.29, 1.82) is 0 Å². The van der Waals surface area contributed by atoms with E-state index in [0.29, 0.717) is 18.0 Å². The average molecular weight is 330 g/mol. The molecule has 3 N–H and O–H groups in total. The molecular weight excluding hydrogens is 309 g/mol. The van der Waals surface area contributed by atoms with Gasteiger partial charge in [-0.05, 0) is 43.4 Å². The maximum atomic E-state index is 13.9. The van der Waals surface area contributed by atoms with E-state index in [2.05, 4.69) is 22.9 Å². The fraction of sp³-hybridized carbons (Fsp3) is 0.600. The van der Waals surface area contributed by atoms with Crippen molar-refractivity contribution in [3.63, 3.8) is 0 Å². The molecule has 4 heteroatoms. The lowest BCUT2D eigenvalue weighted by Gasteiger charge is -2.34. The molecular formula is C15H21BrFNO. The molecule has 2 nitrogen and oxygen atoms in total. The highest BCUT2D eigenvalue weighted by molar-refractivity contribution is 9.10. The average Bonchev–Trinajstić information content (AvgIpc) is 2.85. The number of benzene rings is 1. The summed E-state index contributed by atoms with van der Waals surface area (Å²) in [5.41, 5.74) is 5.90. The normalized spacial score (nSPS) is 28.6. The predicted octanol–water partition coefficient (Wildman–Crippen LogP) is 3.78. The largest absolute Gasteiger partial charge is 0.388 e. The van der Waals surface area contributed by atoms with Crippen LogP contribution in [0.1, 0.15) is 44.3 Å². The number of aliphatic hydroxyl groups is 1. The van der Waals surface area contributed by atoms with Gasteiger partial charge in [0.2, 0.25) is 0 Å². The fourth-order valence-electron chi connectivity index (χ4n) is 3.22. The van der Waals surface area contributed by atoms with Crippen molar-refractivity contribution in [3.8, 4) is 0 Å². The third-order valence-electron chi connectivity index (χ3n) is 4.56. The van der Waals surface area contributed by atoms with Gasteiger partial charge in [-0.1, -0.05) is 29.3 Å². The number of aliphatic hydroxyl groups excluding tert-OH is 1. The summed E-state index contributed by atoms with van der Waals surface area (Å²) in [7, 11) is 0. The first-order valence-corrected chi connectivity index (χ1v) is 7.65. The number of halogens is 2. The summed E-state index contributed by atoms with van der Waals surface area (Å²) < 4.78 is 14.7. The minimum absolute atomic E-state index is 0.358. The minimum atomic E-state index is -0.827. The van der Waals surface area contributed by atoms with Crippen LogP contribution in [0.25, 0.3) is 0 Å². The van der Waals surface area contributed by atoms with E-state index in [-0.39, 0.29) is 11.2 Å². The topological polar surface area (TPSA) is 46.2 Å². The Morgan fingerprint density at radius 1 is 1.58 bits per heavy atom. The van der Waals surface area contributed by atoms with E-state index in [1.54, 1.807) is 12.1 Å². The molecule has 0 spiro atoms. The van der Waals surface area contributed by atoms with Gasteiger partial charge in [0.15, 0.2) is 0 Å². The minimum Gasteiger partial charge on any atom is -0.388 e. The second-order valence-electron chi connectivity index (χ2n) is 5.65. The maximum absolute atomic E-state index is 13.9. The Balaban J connectivity index is 2.31. The Bertz CT molecular complexity index is 454. The van der Waals surface area contributed by atoms with Crippen LogP contribution in [0, 0.1) is 17.2 Å². The van der Waals surface area contributed by atoms with Gasteiger partial charge in [-0.3, -0.25) is 0 Å². The number of hydrogen-bond acceptors (Lipinski definition) is 2. The van der Waals surface area contributed by atoms with E-state index < -0.39 is 6.10 Å². The molecule has 0 radical (unpaired) electrons. The van der Waals surface area contributed by atoms with Crippen molar-refractivity contribution < 1.29 is 9.50 Å². The van der Waals surface area contributed by atoms with Crippen LogP contribution in [0.3, 0.4) is 0 Å². The fourth-order valence-corrected chi connectivity index (χ4v) is 3.60. The molecule has 1 aromatic carbocycles. The van der Waals surface area contributed by atoms with Gasteiger partial charge in [0.05, 0.1) is 6.10 Å².